The van der Waals surface area contributed by atoms with Crippen LogP contribution in [-0.2, 0) is 14.4 Å². The van der Waals surface area contributed by atoms with Crippen molar-refractivity contribution in [3.05, 3.63) is 248 Å². The molecule has 126 heavy (non-hydrogen) atoms. The molecule has 0 spiro atoms. The summed E-state index contributed by atoms with van der Waals surface area (Å²) in [4.78, 5) is 117. The molecular weight excluding hydrogens is 1630 g/mol. The molecule has 0 unspecified atom stereocenters. The smallest absolute Gasteiger partial charge is 0.354 e. The lowest BCUT2D eigenvalue weighted by atomic mass is 9.98. The number of hydrogen-bond donors (Lipinski definition) is 3. The second kappa shape index (κ2) is 33.7. The van der Waals surface area contributed by atoms with E-state index < -0.39 is 70.1 Å². The van der Waals surface area contributed by atoms with Crippen LogP contribution >= 0.6 is 0 Å². The Balaban J connectivity index is 0.000000139. The topological polar surface area (TPSA) is 320 Å². The fourth-order valence-corrected chi connectivity index (χ4v) is 17.8. The van der Waals surface area contributed by atoms with Crippen molar-refractivity contribution in [2.45, 2.75) is 98.2 Å². The lowest BCUT2D eigenvalue weighted by Gasteiger charge is -2.40. The Hall–Kier alpha value is -14.4. The SMILES string of the molecule is C=CC(=O)N1CCN2c3nc(=O)n(-c4c(C)ccnc4C(C)C)c4cc(-c5c(N)cccc5F)c(F)c(c34)OC[C@H]2C1.C=CC(=O)N1CCN2c3nc(=O)n(-c4c(C)ccnc4C(C)C)c4cc(-c5c(N)cccc5F)c(F)c(c34)OC[C@H]2C1.C=CC(=O)N1CCN2c3nc(=O)n(-c4c(C)ccnc4C(C)C)c4cc(-c5c(N)cccc5F)c(F)c(c34)OC[C@H]2C1. The first-order chi connectivity index (χ1) is 60.3. The van der Waals surface area contributed by atoms with Crippen molar-refractivity contribution in [2.75, 3.05) is 111 Å². The molecule has 12 heterocycles. The summed E-state index contributed by atoms with van der Waals surface area (Å²) in [5, 5.41) is 0.819. The number of pyridine rings is 3. The fourth-order valence-electron chi connectivity index (χ4n) is 17.8. The highest BCUT2D eigenvalue weighted by molar-refractivity contribution is 6.04. The van der Waals surface area contributed by atoms with E-state index in [1.165, 1.54) is 105 Å². The Morgan fingerprint density at radius 1 is 0.413 bits per heavy atom. The number of halogens is 6. The minimum atomic E-state index is -0.821. The Labute approximate surface area is 718 Å². The average molecular weight is 1720 g/mol. The molecule has 18 rings (SSSR count). The first-order valence-corrected chi connectivity index (χ1v) is 41.2. The van der Waals surface area contributed by atoms with E-state index in [2.05, 4.69) is 49.6 Å². The van der Waals surface area contributed by atoms with Crippen LogP contribution in [0.5, 0.6) is 17.2 Å². The van der Waals surface area contributed by atoms with E-state index in [1.54, 1.807) is 51.5 Å². The number of aryl methyl sites for hydroxylation is 3. The summed E-state index contributed by atoms with van der Waals surface area (Å²) in [6, 6.07) is 20.8. The van der Waals surface area contributed by atoms with Gasteiger partial charge in [0.15, 0.2) is 34.7 Å². The quantitative estimate of drug-likeness (QED) is 0.0581. The number of benzene rings is 6. The maximum atomic E-state index is 16.5. The number of rotatable bonds is 12. The Morgan fingerprint density at radius 2 is 0.675 bits per heavy atom. The number of hydrogen-bond acceptors (Lipinski definition) is 21. The van der Waals surface area contributed by atoms with Crippen molar-refractivity contribution in [3.8, 4) is 67.7 Å². The summed E-state index contributed by atoms with van der Waals surface area (Å²) in [7, 11) is 0. The highest BCUT2D eigenvalue weighted by Crippen LogP contribution is 2.50. The molecule has 3 amide bonds. The molecule has 6 N–H and O–H groups in total. The molecule has 0 bridgehead atoms. The van der Waals surface area contributed by atoms with E-state index in [1.807, 2.05) is 77.0 Å². The first kappa shape index (κ1) is 85.2. The van der Waals surface area contributed by atoms with E-state index in [0.717, 1.165) is 16.7 Å². The van der Waals surface area contributed by atoms with E-state index >= 15 is 26.3 Å². The Morgan fingerprint density at radius 3 is 0.913 bits per heavy atom. The Kier molecular flexibility index (Phi) is 22.8. The minimum Gasteiger partial charge on any atom is -0.487 e. The number of aromatic nitrogens is 9. The Bertz CT molecular complexity index is 6080. The van der Waals surface area contributed by atoms with Crippen molar-refractivity contribution < 1.29 is 54.9 Å². The number of nitrogens with two attached hydrogens (primary N) is 3. The number of fused-ring (bicyclic) bond motifs is 6. The van der Waals surface area contributed by atoms with Gasteiger partial charge in [-0.1, -0.05) is 79.5 Å². The van der Waals surface area contributed by atoms with Gasteiger partial charge < -0.3 is 60.8 Å². The molecule has 3 atom stereocenters. The van der Waals surface area contributed by atoms with Crippen LogP contribution in [-0.4, -0.2) is 173 Å². The van der Waals surface area contributed by atoms with Gasteiger partial charge in [-0.2, -0.15) is 15.0 Å². The maximum absolute atomic E-state index is 16.5. The fraction of sp³-hybridized carbons (Fsp3) is 0.290. The van der Waals surface area contributed by atoms with Crippen molar-refractivity contribution >= 4 is 84.9 Å². The summed E-state index contributed by atoms with van der Waals surface area (Å²) in [5.41, 5.74) is 22.6. The molecule has 27 nitrogen and oxygen atoms in total. The van der Waals surface area contributed by atoms with Crippen LogP contribution in [0.1, 0.15) is 93.1 Å². The zero-order valence-electron chi connectivity index (χ0n) is 70.6. The molecule has 6 aromatic heterocycles. The van der Waals surface area contributed by atoms with Gasteiger partial charge in [0.25, 0.3) is 0 Å². The number of nitrogen functional groups attached to an aromatic ring is 3. The zero-order valence-corrected chi connectivity index (χ0v) is 70.6. The van der Waals surface area contributed by atoms with Crippen LogP contribution < -0.4 is 63.2 Å². The highest BCUT2D eigenvalue weighted by Gasteiger charge is 2.43. The summed E-state index contributed by atoms with van der Waals surface area (Å²) in [6.07, 6.45) is 8.75. The van der Waals surface area contributed by atoms with Crippen molar-refractivity contribution in [3.63, 3.8) is 0 Å². The van der Waals surface area contributed by atoms with Gasteiger partial charge in [-0.15, -0.1) is 0 Å². The summed E-state index contributed by atoms with van der Waals surface area (Å²) < 4.78 is 118. The van der Waals surface area contributed by atoms with E-state index in [-0.39, 0.29) is 193 Å². The predicted molar refractivity (Wildman–Crippen MR) is 471 cm³/mol. The third kappa shape index (κ3) is 14.6. The van der Waals surface area contributed by atoms with Gasteiger partial charge in [0, 0.05) is 128 Å². The molecular formula is C93H90F6N18O9. The van der Waals surface area contributed by atoms with Gasteiger partial charge in [-0.05, 0) is 146 Å². The van der Waals surface area contributed by atoms with Gasteiger partial charge in [-0.25, -0.2) is 40.7 Å². The van der Waals surface area contributed by atoms with E-state index in [4.69, 9.17) is 31.4 Å². The number of nitrogens with zero attached hydrogens (tertiary/aromatic N) is 15. The largest absolute Gasteiger partial charge is 0.487 e. The predicted octanol–water partition coefficient (Wildman–Crippen LogP) is 13.0. The number of ether oxygens (including phenoxy) is 3. The second-order valence-corrected chi connectivity index (χ2v) is 32.6. The average Bonchev–Trinajstić information content (AvgIpc) is 1.33. The highest BCUT2D eigenvalue weighted by atomic mass is 19.1. The van der Waals surface area contributed by atoms with Gasteiger partial charge in [0.05, 0.1) is 85.0 Å². The molecule has 0 aliphatic carbocycles. The van der Waals surface area contributed by atoms with Crippen LogP contribution in [0, 0.1) is 55.7 Å². The summed E-state index contributed by atoms with van der Waals surface area (Å²) >= 11 is 0. The van der Waals surface area contributed by atoms with Crippen LogP contribution in [0.3, 0.4) is 0 Å². The van der Waals surface area contributed by atoms with Crippen LogP contribution in [0.2, 0.25) is 0 Å². The number of carbonyl (C=O) groups excluding carboxylic acids is 3. The molecule has 33 heteroatoms. The standard InChI is InChI=1S/3C31H30F2N6O3/c3*1-5-23(40)37-11-12-38-18(14-37)15-42-29-25-22(13-19(26(29)33)24-20(32)7-6-8-21(24)34)39(31(41)36-30(25)38)28-17(4)9-10-35-27(28)16(2)3/h3*5-10,13,16,18H,1,11-12,14-15,34H2,2-4H3/t3*18-/m111/s1. The summed E-state index contributed by atoms with van der Waals surface area (Å²) in [6.45, 7) is 30.9. The van der Waals surface area contributed by atoms with Crippen molar-refractivity contribution in [1.82, 2.24) is 58.3 Å². The molecule has 3 fully saturated rings. The third-order valence-corrected chi connectivity index (χ3v) is 23.9. The van der Waals surface area contributed by atoms with Crippen LogP contribution in [0.4, 0.5) is 60.9 Å². The number of carbonyl (C=O) groups is 3. The zero-order chi connectivity index (χ0) is 89.6. The van der Waals surface area contributed by atoms with Gasteiger partial charge in [-0.3, -0.25) is 43.0 Å². The molecule has 6 aromatic carbocycles. The van der Waals surface area contributed by atoms with Gasteiger partial charge in [0.1, 0.15) is 54.7 Å². The third-order valence-electron chi connectivity index (χ3n) is 23.9. The molecule has 0 saturated carbocycles. The molecule has 12 aromatic rings. The normalized spacial score (nSPS) is 16.3. The first-order valence-electron chi connectivity index (χ1n) is 41.2. The maximum Gasteiger partial charge on any atom is 0.354 e. The monoisotopic (exact) mass is 1720 g/mol. The summed E-state index contributed by atoms with van der Waals surface area (Å²) in [5.74, 6) is -5.24. The van der Waals surface area contributed by atoms with E-state index in [0.29, 0.717) is 73.4 Å². The van der Waals surface area contributed by atoms with Crippen molar-refractivity contribution in [2.24, 2.45) is 0 Å². The molecule has 0 radical (unpaired) electrons. The number of piperazine rings is 3. The molecule has 648 valence electrons. The minimum absolute atomic E-state index is 0.00311. The van der Waals surface area contributed by atoms with E-state index in [9.17, 15) is 28.8 Å². The molecule has 6 aliphatic heterocycles. The lowest BCUT2D eigenvalue weighted by Crippen LogP contribution is -2.56. The molecule has 3 saturated heterocycles. The van der Waals surface area contributed by atoms with Crippen molar-refractivity contribution in [1.29, 1.82) is 0 Å². The van der Waals surface area contributed by atoms with Crippen LogP contribution in [0.25, 0.3) is 83.2 Å². The van der Waals surface area contributed by atoms with Gasteiger partial charge in [0.2, 0.25) is 17.7 Å². The number of anilines is 6. The van der Waals surface area contributed by atoms with Crippen LogP contribution in [0.15, 0.2) is 162 Å². The lowest BCUT2D eigenvalue weighted by molar-refractivity contribution is -0.127. The number of amides is 3. The molecule has 6 aliphatic rings. The van der Waals surface area contributed by atoms with Gasteiger partial charge >= 0.3 is 17.1 Å². The second-order valence-electron chi connectivity index (χ2n) is 32.6.